The highest BCUT2D eigenvalue weighted by molar-refractivity contribution is 6.29. The van der Waals surface area contributed by atoms with Crippen molar-refractivity contribution in [3.63, 3.8) is 0 Å². The molecule has 2 rings (SSSR count). The number of nitrogen functional groups attached to an aromatic ring is 1. The molecule has 15 heavy (non-hydrogen) atoms. The van der Waals surface area contributed by atoms with Crippen molar-refractivity contribution in [2.75, 3.05) is 11.1 Å². The summed E-state index contributed by atoms with van der Waals surface area (Å²) in [5.74, 6) is 0.547. The van der Waals surface area contributed by atoms with E-state index in [1.165, 1.54) is 6.26 Å². The number of halogens is 1. The number of rotatable bonds is 3. The van der Waals surface area contributed by atoms with Gasteiger partial charge in [0.15, 0.2) is 5.82 Å². The van der Waals surface area contributed by atoms with Crippen LogP contribution in [0.4, 0.5) is 11.5 Å². The van der Waals surface area contributed by atoms with Crippen molar-refractivity contribution in [2.24, 2.45) is 0 Å². The molecule has 0 unspecified atom stereocenters. The molecule has 3 N–H and O–H groups in total. The van der Waals surface area contributed by atoms with Gasteiger partial charge in [0, 0.05) is 6.07 Å². The summed E-state index contributed by atoms with van der Waals surface area (Å²) >= 11 is 5.74. The molecular weight excluding hydrogens is 216 g/mol. The van der Waals surface area contributed by atoms with Crippen LogP contribution in [0.3, 0.4) is 0 Å². The maximum absolute atomic E-state index is 5.74. The molecule has 0 atom stereocenters. The van der Waals surface area contributed by atoms with Crippen LogP contribution >= 0.6 is 11.6 Å². The third-order valence-corrected chi connectivity index (χ3v) is 2.03. The second kappa shape index (κ2) is 4.18. The average Bonchev–Trinajstić information content (AvgIpc) is 2.72. The minimum Gasteiger partial charge on any atom is -0.396 e. The topological polar surface area (TPSA) is 77.0 Å². The monoisotopic (exact) mass is 224 g/mol. The fourth-order valence-corrected chi connectivity index (χ4v) is 1.24. The molecule has 0 aliphatic heterocycles. The SMILES string of the molecule is Nc1ccc(Cl)nc1NCc1ccon1. The lowest BCUT2D eigenvalue weighted by atomic mass is 10.3. The highest BCUT2D eigenvalue weighted by Crippen LogP contribution is 2.18. The van der Waals surface area contributed by atoms with Gasteiger partial charge in [0.05, 0.1) is 12.2 Å². The molecule has 0 bridgehead atoms. The van der Waals surface area contributed by atoms with Crippen LogP contribution in [0.15, 0.2) is 29.0 Å². The van der Waals surface area contributed by atoms with E-state index in [9.17, 15) is 0 Å². The molecule has 0 radical (unpaired) electrons. The molecule has 0 aliphatic rings. The van der Waals surface area contributed by atoms with E-state index in [-0.39, 0.29) is 0 Å². The summed E-state index contributed by atoms with van der Waals surface area (Å²) in [6.45, 7) is 0.494. The van der Waals surface area contributed by atoms with Crippen molar-refractivity contribution < 1.29 is 4.52 Å². The highest BCUT2D eigenvalue weighted by atomic mass is 35.5. The van der Waals surface area contributed by atoms with Crippen molar-refractivity contribution in [2.45, 2.75) is 6.54 Å². The Kier molecular flexibility index (Phi) is 2.73. The molecule has 0 aromatic carbocycles. The molecule has 0 spiro atoms. The molecule has 5 nitrogen and oxygen atoms in total. The first kappa shape index (κ1) is 9.79. The Morgan fingerprint density at radius 2 is 2.27 bits per heavy atom. The molecule has 0 saturated carbocycles. The Labute approximate surface area is 91.2 Å². The average molecular weight is 225 g/mol. The van der Waals surface area contributed by atoms with Gasteiger partial charge in [-0.2, -0.15) is 0 Å². The molecular formula is C9H9ClN4O. The molecule has 2 aromatic rings. The van der Waals surface area contributed by atoms with Gasteiger partial charge in [-0.05, 0) is 12.1 Å². The minimum absolute atomic E-state index is 0.395. The Balaban J connectivity index is 2.07. The first-order valence-electron chi connectivity index (χ1n) is 4.31. The van der Waals surface area contributed by atoms with Gasteiger partial charge in [0.25, 0.3) is 0 Å². The van der Waals surface area contributed by atoms with E-state index >= 15 is 0 Å². The summed E-state index contributed by atoms with van der Waals surface area (Å²) < 4.78 is 4.69. The van der Waals surface area contributed by atoms with Gasteiger partial charge < -0.3 is 15.6 Å². The zero-order valence-corrected chi connectivity index (χ0v) is 8.53. The molecule has 0 saturated heterocycles. The van der Waals surface area contributed by atoms with Gasteiger partial charge >= 0.3 is 0 Å². The lowest BCUT2D eigenvalue weighted by molar-refractivity contribution is 0.412. The smallest absolute Gasteiger partial charge is 0.151 e. The molecule has 2 heterocycles. The van der Waals surface area contributed by atoms with Gasteiger partial charge in [0.1, 0.15) is 17.1 Å². The maximum Gasteiger partial charge on any atom is 0.151 e. The normalized spacial score (nSPS) is 10.2. The molecule has 6 heteroatoms. The summed E-state index contributed by atoms with van der Waals surface area (Å²) in [6.07, 6.45) is 1.51. The fourth-order valence-electron chi connectivity index (χ4n) is 1.09. The van der Waals surface area contributed by atoms with Crippen LogP contribution in [-0.2, 0) is 6.54 Å². The summed E-state index contributed by atoms with van der Waals surface area (Å²) in [7, 11) is 0. The van der Waals surface area contributed by atoms with Crippen LogP contribution in [0, 0.1) is 0 Å². The number of nitrogens with two attached hydrogens (primary N) is 1. The van der Waals surface area contributed by atoms with E-state index in [1.807, 2.05) is 0 Å². The van der Waals surface area contributed by atoms with Crippen LogP contribution in [0.25, 0.3) is 0 Å². The van der Waals surface area contributed by atoms with Crippen molar-refractivity contribution in [1.29, 1.82) is 0 Å². The number of pyridine rings is 1. The van der Waals surface area contributed by atoms with E-state index in [4.69, 9.17) is 17.3 Å². The number of nitrogens with one attached hydrogen (secondary N) is 1. The molecule has 0 aliphatic carbocycles. The maximum atomic E-state index is 5.74. The first-order valence-corrected chi connectivity index (χ1v) is 4.68. The van der Waals surface area contributed by atoms with E-state index in [2.05, 4.69) is 20.0 Å². The summed E-state index contributed by atoms with van der Waals surface area (Å²) in [5, 5.41) is 7.15. The largest absolute Gasteiger partial charge is 0.396 e. The van der Waals surface area contributed by atoms with Gasteiger partial charge in [-0.15, -0.1) is 0 Å². The summed E-state index contributed by atoms with van der Waals surface area (Å²) in [6, 6.07) is 5.09. The van der Waals surface area contributed by atoms with Crippen LogP contribution in [0.1, 0.15) is 5.69 Å². The van der Waals surface area contributed by atoms with E-state index in [1.54, 1.807) is 18.2 Å². The number of hydrogen-bond acceptors (Lipinski definition) is 5. The lowest BCUT2D eigenvalue weighted by Crippen LogP contribution is -2.04. The highest BCUT2D eigenvalue weighted by Gasteiger charge is 2.02. The number of aromatic nitrogens is 2. The Bertz CT molecular complexity index is 443. The molecule has 0 amide bonds. The quantitative estimate of drug-likeness (QED) is 0.779. The van der Waals surface area contributed by atoms with E-state index < -0.39 is 0 Å². The fraction of sp³-hybridized carbons (Fsp3) is 0.111. The first-order chi connectivity index (χ1) is 7.25. The van der Waals surface area contributed by atoms with Crippen LogP contribution in [0.5, 0.6) is 0 Å². The Morgan fingerprint density at radius 3 is 3.00 bits per heavy atom. The third kappa shape index (κ3) is 2.38. The number of anilines is 2. The predicted molar refractivity (Wildman–Crippen MR) is 57.5 cm³/mol. The van der Waals surface area contributed by atoms with E-state index in [0.717, 1.165) is 5.69 Å². The van der Waals surface area contributed by atoms with E-state index in [0.29, 0.717) is 23.2 Å². The third-order valence-electron chi connectivity index (χ3n) is 1.82. The Hall–Kier alpha value is -1.75. The van der Waals surface area contributed by atoms with Crippen molar-refractivity contribution in [3.8, 4) is 0 Å². The van der Waals surface area contributed by atoms with Gasteiger partial charge in [-0.25, -0.2) is 4.98 Å². The van der Waals surface area contributed by atoms with Crippen molar-refractivity contribution in [1.82, 2.24) is 10.1 Å². The summed E-state index contributed by atoms with van der Waals surface area (Å²) in [5.41, 5.74) is 7.02. The van der Waals surface area contributed by atoms with Crippen molar-refractivity contribution >= 4 is 23.1 Å². The second-order valence-corrected chi connectivity index (χ2v) is 3.30. The van der Waals surface area contributed by atoms with Crippen LogP contribution < -0.4 is 11.1 Å². The van der Waals surface area contributed by atoms with Crippen LogP contribution in [-0.4, -0.2) is 10.1 Å². The minimum atomic E-state index is 0.395. The zero-order chi connectivity index (χ0) is 10.7. The summed E-state index contributed by atoms with van der Waals surface area (Å²) in [4.78, 5) is 4.04. The number of nitrogens with zero attached hydrogens (tertiary/aromatic N) is 2. The Morgan fingerprint density at radius 1 is 1.40 bits per heavy atom. The lowest BCUT2D eigenvalue weighted by Gasteiger charge is -2.06. The predicted octanol–water partition coefficient (Wildman–Crippen LogP) is 1.92. The molecule has 0 fully saturated rings. The van der Waals surface area contributed by atoms with Gasteiger partial charge in [-0.3, -0.25) is 0 Å². The van der Waals surface area contributed by atoms with Gasteiger partial charge in [-0.1, -0.05) is 16.8 Å². The molecule has 2 aromatic heterocycles. The van der Waals surface area contributed by atoms with Gasteiger partial charge in [0.2, 0.25) is 0 Å². The molecule has 78 valence electrons. The second-order valence-electron chi connectivity index (χ2n) is 2.92. The zero-order valence-electron chi connectivity index (χ0n) is 7.77. The standard InChI is InChI=1S/C9H9ClN4O/c10-8-2-1-7(11)9(13-8)12-5-6-3-4-15-14-6/h1-4H,5,11H2,(H,12,13). The number of hydrogen-bond donors (Lipinski definition) is 2. The van der Waals surface area contributed by atoms with Crippen molar-refractivity contribution in [3.05, 3.63) is 35.3 Å². The van der Waals surface area contributed by atoms with Crippen LogP contribution in [0.2, 0.25) is 5.15 Å².